The first-order valence-electron chi connectivity index (χ1n) is 12.1. The van der Waals surface area contributed by atoms with Gasteiger partial charge in [-0.25, -0.2) is 14.5 Å². The van der Waals surface area contributed by atoms with Gasteiger partial charge in [-0.2, -0.15) is 0 Å². The van der Waals surface area contributed by atoms with Gasteiger partial charge in [-0.1, -0.05) is 35.0 Å². The van der Waals surface area contributed by atoms with Crippen molar-refractivity contribution in [2.75, 3.05) is 12.4 Å². The third kappa shape index (κ3) is 6.33. The third-order valence-corrected chi connectivity index (χ3v) is 6.11. The maximum absolute atomic E-state index is 12.9. The minimum Gasteiger partial charge on any atom is -0.497 e. The molecule has 0 aliphatic rings. The molecule has 10 nitrogen and oxygen atoms in total. The Kier molecular flexibility index (Phi) is 8.00. The van der Waals surface area contributed by atoms with Crippen molar-refractivity contribution < 1.29 is 19.4 Å². The molecular formula is C28H30N6O4. The second-order valence-electron chi connectivity index (χ2n) is 9.10. The van der Waals surface area contributed by atoms with Gasteiger partial charge in [0, 0.05) is 24.2 Å². The van der Waals surface area contributed by atoms with Crippen LogP contribution in [-0.4, -0.2) is 50.1 Å². The van der Waals surface area contributed by atoms with E-state index in [1.165, 1.54) is 0 Å². The predicted octanol–water partition coefficient (Wildman–Crippen LogP) is 3.63. The summed E-state index contributed by atoms with van der Waals surface area (Å²) in [5, 5.41) is 24.0. The van der Waals surface area contributed by atoms with Crippen LogP contribution >= 0.6 is 0 Å². The zero-order chi connectivity index (χ0) is 27.2. The van der Waals surface area contributed by atoms with Crippen LogP contribution in [0.4, 0.5) is 5.82 Å². The molecule has 2 aromatic heterocycles. The lowest BCUT2D eigenvalue weighted by atomic mass is 9.98. The minimum atomic E-state index is -1.09. The summed E-state index contributed by atoms with van der Waals surface area (Å²) in [6.07, 6.45) is 3.60. The number of methoxy groups -OCH3 is 1. The molecule has 4 aromatic rings. The molecule has 1 amide bonds. The molecule has 196 valence electrons. The second-order valence-corrected chi connectivity index (χ2v) is 9.10. The number of hydrogen-bond acceptors (Lipinski definition) is 7. The Morgan fingerprint density at radius 2 is 1.76 bits per heavy atom. The van der Waals surface area contributed by atoms with Crippen molar-refractivity contribution >= 4 is 17.7 Å². The molecule has 0 spiro atoms. The van der Waals surface area contributed by atoms with Gasteiger partial charge < -0.3 is 20.5 Å². The quantitative estimate of drug-likeness (QED) is 0.292. The van der Waals surface area contributed by atoms with Crippen LogP contribution in [0.3, 0.4) is 0 Å². The van der Waals surface area contributed by atoms with Gasteiger partial charge in [-0.05, 0) is 55.7 Å². The highest BCUT2D eigenvalue weighted by atomic mass is 16.5. The van der Waals surface area contributed by atoms with E-state index >= 15 is 0 Å². The number of nitrogens with one attached hydrogen (secondary N) is 2. The van der Waals surface area contributed by atoms with Gasteiger partial charge in [-0.15, -0.1) is 5.10 Å². The number of carbonyl (C=O) groups is 2. The van der Waals surface area contributed by atoms with Crippen molar-refractivity contribution in [2.45, 2.75) is 39.8 Å². The molecule has 0 radical (unpaired) electrons. The number of rotatable bonds is 10. The molecule has 0 aliphatic heterocycles. The molecule has 38 heavy (non-hydrogen) atoms. The van der Waals surface area contributed by atoms with Crippen LogP contribution in [0.15, 0.2) is 60.9 Å². The average molecular weight is 515 g/mol. The van der Waals surface area contributed by atoms with E-state index in [1.807, 2.05) is 57.2 Å². The first kappa shape index (κ1) is 26.3. The number of carboxylic acids is 1. The number of aromatic nitrogens is 4. The first-order valence-corrected chi connectivity index (χ1v) is 12.1. The summed E-state index contributed by atoms with van der Waals surface area (Å²) in [5.41, 5.74) is 5.45. The van der Waals surface area contributed by atoms with Crippen LogP contribution in [0.2, 0.25) is 0 Å². The number of aryl methyl sites for hydroxylation is 3. The van der Waals surface area contributed by atoms with Gasteiger partial charge in [0.15, 0.2) is 0 Å². The summed E-state index contributed by atoms with van der Waals surface area (Å²) in [6.45, 7) is 6.09. The molecule has 2 aromatic carbocycles. The van der Waals surface area contributed by atoms with Crippen LogP contribution in [0.5, 0.6) is 5.75 Å². The topological polar surface area (TPSA) is 131 Å². The number of anilines is 1. The number of carbonyl (C=O) groups excluding carboxylic acids is 1. The maximum atomic E-state index is 12.9. The molecule has 4 rings (SSSR count). The Labute approximate surface area is 220 Å². The number of aliphatic carboxylic acids is 1. The fraction of sp³-hybridized carbons (Fsp3) is 0.250. The van der Waals surface area contributed by atoms with Gasteiger partial charge in [0.25, 0.3) is 5.91 Å². The normalized spacial score (nSPS) is 11.6. The van der Waals surface area contributed by atoms with Gasteiger partial charge in [0.2, 0.25) is 0 Å². The molecule has 1 atom stereocenters. The largest absolute Gasteiger partial charge is 0.497 e. The van der Waals surface area contributed by atoms with Crippen molar-refractivity contribution in [3.05, 3.63) is 94.4 Å². The Bertz CT molecular complexity index is 1420. The molecule has 10 heteroatoms. The highest BCUT2D eigenvalue weighted by molar-refractivity contribution is 5.99. The Hall–Kier alpha value is -4.73. The number of hydrogen-bond donors (Lipinski definition) is 3. The van der Waals surface area contributed by atoms with E-state index in [9.17, 15) is 14.7 Å². The minimum absolute atomic E-state index is 0.144. The SMILES string of the molecule is COc1ccnc(NCc2cn(-c3ccc(CC(NC(=O)c4c(C)cc(C)cc4C)C(=O)O)cc3)nn2)c1. The van der Waals surface area contributed by atoms with Crippen LogP contribution in [-0.2, 0) is 17.8 Å². The molecule has 0 bridgehead atoms. The lowest BCUT2D eigenvalue weighted by molar-refractivity contribution is -0.139. The number of pyridine rings is 1. The molecule has 2 heterocycles. The van der Waals surface area contributed by atoms with Crippen molar-refractivity contribution in [1.82, 2.24) is 25.3 Å². The number of benzene rings is 2. The molecule has 3 N–H and O–H groups in total. The summed E-state index contributed by atoms with van der Waals surface area (Å²) in [6, 6.07) is 13.6. The van der Waals surface area contributed by atoms with Crippen LogP contribution < -0.4 is 15.4 Å². The van der Waals surface area contributed by atoms with E-state index in [2.05, 4.69) is 25.9 Å². The van der Waals surface area contributed by atoms with Crippen molar-refractivity contribution in [3.8, 4) is 11.4 Å². The summed E-state index contributed by atoms with van der Waals surface area (Å²) < 4.78 is 6.84. The Balaban J connectivity index is 1.39. The molecular weight excluding hydrogens is 484 g/mol. The first-order chi connectivity index (χ1) is 18.2. The van der Waals surface area contributed by atoms with E-state index in [-0.39, 0.29) is 6.42 Å². The highest BCUT2D eigenvalue weighted by Gasteiger charge is 2.23. The molecule has 0 aliphatic carbocycles. The van der Waals surface area contributed by atoms with Crippen LogP contribution in [0.1, 0.15) is 38.3 Å². The zero-order valence-corrected chi connectivity index (χ0v) is 21.7. The van der Waals surface area contributed by atoms with Gasteiger partial charge in [-0.3, -0.25) is 4.79 Å². The maximum Gasteiger partial charge on any atom is 0.326 e. The molecule has 0 saturated heterocycles. The van der Waals surface area contributed by atoms with E-state index in [0.29, 0.717) is 29.4 Å². The van der Waals surface area contributed by atoms with Crippen molar-refractivity contribution in [3.63, 3.8) is 0 Å². The lowest BCUT2D eigenvalue weighted by Gasteiger charge is -2.17. The second kappa shape index (κ2) is 11.5. The van der Waals surface area contributed by atoms with Gasteiger partial charge in [0.05, 0.1) is 25.5 Å². The Morgan fingerprint density at radius 3 is 2.42 bits per heavy atom. The monoisotopic (exact) mass is 514 g/mol. The van der Waals surface area contributed by atoms with Crippen molar-refractivity contribution in [1.29, 1.82) is 0 Å². The summed E-state index contributed by atoms with van der Waals surface area (Å²) in [5.74, 6) is -0.118. The third-order valence-electron chi connectivity index (χ3n) is 6.11. The highest BCUT2D eigenvalue weighted by Crippen LogP contribution is 2.18. The van der Waals surface area contributed by atoms with Crippen LogP contribution in [0, 0.1) is 20.8 Å². The molecule has 0 fully saturated rings. The predicted molar refractivity (Wildman–Crippen MR) is 143 cm³/mol. The lowest BCUT2D eigenvalue weighted by Crippen LogP contribution is -2.42. The number of amides is 1. The average Bonchev–Trinajstić information content (AvgIpc) is 3.36. The fourth-order valence-electron chi connectivity index (χ4n) is 4.31. The standard InChI is InChI=1S/C28H30N6O4/c1-17-11-18(2)26(19(3)12-17)27(35)31-24(28(36)37)13-20-5-7-22(8-6-20)34-16-21(32-33-34)15-30-25-14-23(38-4)9-10-29-25/h5-12,14,16,24H,13,15H2,1-4H3,(H,29,30)(H,31,35)(H,36,37). The Morgan fingerprint density at radius 1 is 1.05 bits per heavy atom. The number of carboxylic acid groups (broad SMARTS) is 1. The van der Waals surface area contributed by atoms with E-state index in [1.54, 1.807) is 36.3 Å². The van der Waals surface area contributed by atoms with Crippen molar-refractivity contribution in [2.24, 2.45) is 0 Å². The van der Waals surface area contributed by atoms with E-state index in [0.717, 1.165) is 27.9 Å². The summed E-state index contributed by atoms with van der Waals surface area (Å²) in [7, 11) is 1.60. The van der Waals surface area contributed by atoms with Gasteiger partial charge in [0.1, 0.15) is 23.3 Å². The number of nitrogens with zero attached hydrogens (tertiary/aromatic N) is 4. The summed E-state index contributed by atoms with van der Waals surface area (Å²) in [4.78, 5) is 29.1. The fourth-order valence-corrected chi connectivity index (χ4v) is 4.31. The van der Waals surface area contributed by atoms with E-state index < -0.39 is 17.9 Å². The smallest absolute Gasteiger partial charge is 0.326 e. The zero-order valence-electron chi connectivity index (χ0n) is 21.7. The summed E-state index contributed by atoms with van der Waals surface area (Å²) >= 11 is 0. The number of ether oxygens (including phenoxy) is 1. The van der Waals surface area contributed by atoms with E-state index in [4.69, 9.17) is 4.74 Å². The molecule has 1 unspecified atom stereocenters. The molecule has 0 saturated carbocycles. The van der Waals surface area contributed by atoms with Crippen LogP contribution in [0.25, 0.3) is 5.69 Å². The van der Waals surface area contributed by atoms with Gasteiger partial charge >= 0.3 is 5.97 Å².